The molecule has 268 valence electrons. The van der Waals surface area contributed by atoms with E-state index in [0.29, 0.717) is 70.4 Å². The summed E-state index contributed by atoms with van der Waals surface area (Å²) in [6.45, 7) is 13.5. The van der Waals surface area contributed by atoms with Crippen molar-refractivity contribution in [3.8, 4) is 11.3 Å². The van der Waals surface area contributed by atoms with Gasteiger partial charge in [-0.15, -0.1) is 0 Å². The first-order valence-electron chi connectivity index (χ1n) is 17.2. The normalized spacial score (nSPS) is 12.5. The molecule has 12 nitrogen and oxygen atoms in total. The largest absolute Gasteiger partial charge is 0.380 e. The number of ether oxygens (including phenoxy) is 2. The Morgan fingerprint density at radius 2 is 1.20 bits per heavy atom. The van der Waals surface area contributed by atoms with Crippen molar-refractivity contribution in [3.05, 3.63) is 70.9 Å². The second-order valence-corrected chi connectivity index (χ2v) is 12.7. The van der Waals surface area contributed by atoms with Gasteiger partial charge in [0.15, 0.2) is 11.3 Å². The minimum absolute atomic E-state index is 0.184. The Hall–Kier alpha value is -4.39. The highest BCUT2D eigenvalue weighted by atomic mass is 35.5. The number of amides is 2. The lowest BCUT2D eigenvalue weighted by Gasteiger charge is -2.11. The van der Waals surface area contributed by atoms with Gasteiger partial charge in [-0.05, 0) is 57.9 Å². The molecular formula is C37H49ClN8O4. The lowest BCUT2D eigenvalue weighted by atomic mass is 10.1. The molecule has 0 saturated heterocycles. The van der Waals surface area contributed by atoms with Crippen molar-refractivity contribution in [3.63, 3.8) is 0 Å². The Labute approximate surface area is 298 Å². The Bertz CT molecular complexity index is 1870. The van der Waals surface area contributed by atoms with E-state index in [-0.39, 0.29) is 23.7 Å². The third-order valence-electron chi connectivity index (χ3n) is 8.56. The Morgan fingerprint density at radius 3 is 1.68 bits per heavy atom. The quantitative estimate of drug-likeness (QED) is 0.0922. The van der Waals surface area contributed by atoms with Gasteiger partial charge in [0.25, 0.3) is 0 Å². The van der Waals surface area contributed by atoms with Crippen molar-refractivity contribution in [2.24, 2.45) is 23.3 Å². The number of fused-ring (bicyclic) bond motifs is 2. The van der Waals surface area contributed by atoms with Gasteiger partial charge < -0.3 is 30.1 Å². The first-order valence-corrected chi connectivity index (χ1v) is 17.6. The maximum Gasteiger partial charge on any atom is 0.220 e. The van der Waals surface area contributed by atoms with Crippen LogP contribution in [-0.2, 0) is 45.0 Å². The number of pyridine rings is 2. The summed E-state index contributed by atoms with van der Waals surface area (Å²) in [5.41, 5.74) is 17.2. The van der Waals surface area contributed by atoms with Gasteiger partial charge in [0.1, 0.15) is 27.8 Å². The first-order chi connectivity index (χ1) is 24.0. The SMILES string of the molecule is CCOCCn1c(CC[C@@H](C)C(N)=O)nc2ccc(-c3ccc(C)cc3)nc21.CCOCCn1c(CC[C@@H](C)C(N)=O)nc2ccc(Cl)nc21. The van der Waals surface area contributed by atoms with Gasteiger partial charge in [0.05, 0.1) is 18.9 Å². The monoisotopic (exact) mass is 704 g/mol. The van der Waals surface area contributed by atoms with Crippen molar-refractivity contribution in [2.45, 2.75) is 73.4 Å². The molecule has 1 aromatic carbocycles. The highest BCUT2D eigenvalue weighted by molar-refractivity contribution is 6.29. The fourth-order valence-electron chi connectivity index (χ4n) is 5.39. The van der Waals surface area contributed by atoms with Crippen LogP contribution in [0.2, 0.25) is 5.15 Å². The standard InChI is InChI=1S/C22H28N4O2.C15H21ClN4O2/c1-4-28-14-13-26-20(12-7-16(3)21(23)27)24-19-11-10-18(25-22(19)26)17-8-5-15(2)6-9-17;1-3-22-9-8-20-13(7-4-10(2)14(17)21)18-11-5-6-12(16)19-15(11)20/h5-6,8-11,16H,4,7,12-14H2,1-3H3,(H2,23,27);5-6,10H,3-4,7-9H2,1-2H3,(H2,17,21)/t16-;10-/m11/s1. The summed E-state index contributed by atoms with van der Waals surface area (Å²) in [6, 6.07) is 15.9. The number of aryl methyl sites for hydroxylation is 3. The van der Waals surface area contributed by atoms with E-state index in [2.05, 4.69) is 45.7 Å². The molecule has 0 fully saturated rings. The molecular weight excluding hydrogens is 656 g/mol. The lowest BCUT2D eigenvalue weighted by Crippen LogP contribution is -2.21. The number of carbonyl (C=O) groups is 2. The van der Waals surface area contributed by atoms with E-state index < -0.39 is 0 Å². The van der Waals surface area contributed by atoms with Crippen LogP contribution in [0.4, 0.5) is 0 Å². The van der Waals surface area contributed by atoms with Crippen LogP contribution in [0, 0.1) is 18.8 Å². The molecule has 0 radical (unpaired) electrons. The number of primary amides is 2. The average molecular weight is 705 g/mol. The molecule has 50 heavy (non-hydrogen) atoms. The third kappa shape index (κ3) is 10.3. The van der Waals surface area contributed by atoms with E-state index in [0.717, 1.165) is 45.2 Å². The average Bonchev–Trinajstić information content (AvgIpc) is 3.63. The molecule has 0 aliphatic rings. The molecule has 4 N–H and O–H groups in total. The van der Waals surface area contributed by atoms with Gasteiger partial charge in [0.2, 0.25) is 11.8 Å². The molecule has 4 heterocycles. The van der Waals surface area contributed by atoms with Crippen molar-refractivity contribution in [1.82, 2.24) is 29.1 Å². The highest BCUT2D eigenvalue weighted by Gasteiger charge is 2.17. The van der Waals surface area contributed by atoms with Crippen LogP contribution in [0.1, 0.15) is 57.7 Å². The number of hydrogen-bond donors (Lipinski definition) is 2. The number of nitrogens with zero attached hydrogens (tertiary/aromatic N) is 6. The number of aromatic nitrogens is 6. The number of hydrogen-bond acceptors (Lipinski definition) is 8. The summed E-state index contributed by atoms with van der Waals surface area (Å²) >= 11 is 5.99. The molecule has 0 aliphatic heterocycles. The van der Waals surface area contributed by atoms with E-state index in [1.54, 1.807) is 6.07 Å². The van der Waals surface area contributed by atoms with Crippen molar-refractivity contribution < 1.29 is 19.1 Å². The molecule has 4 aromatic heterocycles. The van der Waals surface area contributed by atoms with E-state index in [9.17, 15) is 9.59 Å². The molecule has 2 atom stereocenters. The van der Waals surface area contributed by atoms with E-state index in [1.807, 2.05) is 50.5 Å². The maximum absolute atomic E-state index is 11.4. The fraction of sp³-hybridized carbons (Fsp3) is 0.459. The Morgan fingerprint density at radius 1 is 0.720 bits per heavy atom. The number of imidazole rings is 2. The summed E-state index contributed by atoms with van der Waals surface area (Å²) < 4.78 is 15.1. The second-order valence-electron chi connectivity index (χ2n) is 12.3. The molecule has 0 saturated carbocycles. The molecule has 0 aliphatic carbocycles. The van der Waals surface area contributed by atoms with Crippen LogP contribution in [-0.4, -0.2) is 67.3 Å². The minimum atomic E-state index is -0.293. The zero-order valence-electron chi connectivity index (χ0n) is 29.7. The Kier molecular flexibility index (Phi) is 14.3. The smallest absolute Gasteiger partial charge is 0.220 e. The van der Waals surface area contributed by atoms with Crippen LogP contribution < -0.4 is 11.5 Å². The number of halogens is 1. The van der Waals surface area contributed by atoms with Crippen LogP contribution in [0.15, 0.2) is 48.5 Å². The van der Waals surface area contributed by atoms with Gasteiger partial charge in [-0.1, -0.05) is 55.3 Å². The van der Waals surface area contributed by atoms with Gasteiger partial charge in [0, 0.05) is 56.5 Å². The van der Waals surface area contributed by atoms with E-state index in [4.69, 9.17) is 42.5 Å². The molecule has 5 rings (SSSR count). The summed E-state index contributed by atoms with van der Waals surface area (Å²) in [7, 11) is 0. The second kappa shape index (κ2) is 18.6. The van der Waals surface area contributed by atoms with Crippen LogP contribution in [0.5, 0.6) is 0 Å². The summed E-state index contributed by atoms with van der Waals surface area (Å²) in [5.74, 6) is 0.844. The van der Waals surface area contributed by atoms with Crippen LogP contribution >= 0.6 is 11.6 Å². The van der Waals surface area contributed by atoms with Gasteiger partial charge in [-0.2, -0.15) is 0 Å². The number of nitrogens with two attached hydrogens (primary N) is 2. The molecule has 0 bridgehead atoms. The molecule has 0 spiro atoms. The summed E-state index contributed by atoms with van der Waals surface area (Å²) in [4.78, 5) is 41.2. The number of carbonyl (C=O) groups excluding carboxylic acids is 2. The van der Waals surface area contributed by atoms with Crippen molar-refractivity contribution in [1.29, 1.82) is 0 Å². The Balaban J connectivity index is 0.000000232. The molecule has 13 heteroatoms. The third-order valence-corrected chi connectivity index (χ3v) is 8.77. The minimum Gasteiger partial charge on any atom is -0.380 e. The number of benzene rings is 1. The van der Waals surface area contributed by atoms with Crippen LogP contribution in [0.25, 0.3) is 33.6 Å². The van der Waals surface area contributed by atoms with Gasteiger partial charge >= 0.3 is 0 Å². The van der Waals surface area contributed by atoms with Gasteiger partial charge in [-0.25, -0.2) is 19.9 Å². The first kappa shape index (κ1) is 38.4. The van der Waals surface area contributed by atoms with Crippen LogP contribution in [0.3, 0.4) is 0 Å². The van der Waals surface area contributed by atoms with Crippen molar-refractivity contribution in [2.75, 3.05) is 26.4 Å². The predicted molar refractivity (Wildman–Crippen MR) is 197 cm³/mol. The zero-order chi connectivity index (χ0) is 36.2. The van der Waals surface area contributed by atoms with Crippen molar-refractivity contribution >= 4 is 45.7 Å². The maximum atomic E-state index is 11.4. The lowest BCUT2D eigenvalue weighted by molar-refractivity contribution is -0.122. The summed E-state index contributed by atoms with van der Waals surface area (Å²) in [6.07, 6.45) is 2.65. The highest BCUT2D eigenvalue weighted by Crippen LogP contribution is 2.24. The predicted octanol–water partition coefficient (Wildman–Crippen LogP) is 5.67. The molecule has 2 amide bonds. The zero-order valence-corrected chi connectivity index (χ0v) is 30.4. The molecule has 5 aromatic rings. The number of rotatable bonds is 17. The topological polar surface area (TPSA) is 166 Å². The summed E-state index contributed by atoms with van der Waals surface area (Å²) in [5, 5.41) is 0.433. The molecule has 0 unspecified atom stereocenters. The fourth-order valence-corrected chi connectivity index (χ4v) is 5.53. The van der Waals surface area contributed by atoms with Gasteiger partial charge in [-0.3, -0.25) is 9.59 Å². The van der Waals surface area contributed by atoms with E-state index >= 15 is 0 Å². The van der Waals surface area contributed by atoms with E-state index in [1.165, 1.54) is 5.56 Å².